The third-order valence-electron chi connectivity index (χ3n) is 3.51. The molecule has 0 amide bonds. The Morgan fingerprint density at radius 2 is 2.38 bits per heavy atom. The van der Waals surface area contributed by atoms with Crippen molar-refractivity contribution >= 4 is 39.3 Å². The number of rotatable bonds is 2. The Hall–Kier alpha value is -2.04. The van der Waals surface area contributed by atoms with E-state index in [9.17, 15) is 4.79 Å². The molecule has 0 radical (unpaired) electrons. The van der Waals surface area contributed by atoms with Crippen LogP contribution in [0.25, 0.3) is 0 Å². The summed E-state index contributed by atoms with van der Waals surface area (Å²) in [6.07, 6.45) is 0.938. The molecule has 1 aliphatic heterocycles. The van der Waals surface area contributed by atoms with E-state index in [1.165, 1.54) is 28.9 Å². The van der Waals surface area contributed by atoms with E-state index in [1.54, 1.807) is 11.3 Å². The highest BCUT2D eigenvalue weighted by Gasteiger charge is 2.28. The zero-order valence-corrected chi connectivity index (χ0v) is 13.0. The molecule has 2 aromatic heterocycles. The highest BCUT2D eigenvalue weighted by molar-refractivity contribution is 7.17. The first kappa shape index (κ1) is 13.9. The number of ether oxygens (including phenoxy) is 1. The normalized spacial score (nSPS) is 13.6. The van der Waals surface area contributed by atoms with E-state index in [4.69, 9.17) is 15.7 Å². The van der Waals surface area contributed by atoms with E-state index in [2.05, 4.69) is 16.3 Å². The summed E-state index contributed by atoms with van der Waals surface area (Å²) >= 11 is 3.01. The highest BCUT2D eigenvalue weighted by Crippen LogP contribution is 2.40. The molecule has 2 N–H and O–H groups in total. The molecule has 7 heteroatoms. The standard InChI is InChI=1S/C14H13N3O2S2/c1-19-14(18)11-12(16)10(6-15)21-13(11)17-4-2-9-8(7-17)3-5-20-9/h3,5H,2,4,7,16H2,1H3. The van der Waals surface area contributed by atoms with Crippen LogP contribution >= 0.6 is 22.7 Å². The van der Waals surface area contributed by atoms with E-state index in [0.717, 1.165) is 24.5 Å². The molecule has 0 saturated carbocycles. The minimum atomic E-state index is -0.489. The summed E-state index contributed by atoms with van der Waals surface area (Å²) in [4.78, 5) is 15.8. The van der Waals surface area contributed by atoms with E-state index >= 15 is 0 Å². The Labute approximate surface area is 130 Å². The molecular weight excluding hydrogens is 306 g/mol. The lowest BCUT2D eigenvalue weighted by Crippen LogP contribution is -2.30. The van der Waals surface area contributed by atoms with Crippen LogP contribution in [-0.4, -0.2) is 19.6 Å². The second-order valence-electron chi connectivity index (χ2n) is 4.67. The van der Waals surface area contributed by atoms with E-state index in [0.29, 0.717) is 10.4 Å². The van der Waals surface area contributed by atoms with Gasteiger partial charge in [-0.05, 0) is 23.4 Å². The van der Waals surface area contributed by atoms with Crippen LogP contribution in [-0.2, 0) is 17.7 Å². The van der Waals surface area contributed by atoms with Crippen molar-refractivity contribution in [2.24, 2.45) is 0 Å². The number of carbonyl (C=O) groups is 1. The van der Waals surface area contributed by atoms with Crippen LogP contribution in [0.15, 0.2) is 11.4 Å². The van der Waals surface area contributed by atoms with Crippen molar-refractivity contribution in [3.05, 3.63) is 32.3 Å². The van der Waals surface area contributed by atoms with E-state index in [-0.39, 0.29) is 5.69 Å². The van der Waals surface area contributed by atoms with Crippen molar-refractivity contribution in [3.8, 4) is 6.07 Å². The first-order valence-corrected chi connectivity index (χ1v) is 8.06. The maximum atomic E-state index is 12.0. The Balaban J connectivity index is 2.03. The number of nitrogens with two attached hydrogens (primary N) is 1. The summed E-state index contributed by atoms with van der Waals surface area (Å²) in [5.41, 5.74) is 7.75. The van der Waals surface area contributed by atoms with Crippen molar-refractivity contribution in [3.63, 3.8) is 0 Å². The topological polar surface area (TPSA) is 79.3 Å². The molecule has 5 nitrogen and oxygen atoms in total. The number of hydrogen-bond acceptors (Lipinski definition) is 7. The largest absolute Gasteiger partial charge is 0.465 e. The van der Waals surface area contributed by atoms with Crippen molar-refractivity contribution in [2.45, 2.75) is 13.0 Å². The molecule has 0 aromatic carbocycles. The monoisotopic (exact) mass is 319 g/mol. The molecule has 21 heavy (non-hydrogen) atoms. The van der Waals surface area contributed by atoms with Crippen LogP contribution in [0.4, 0.5) is 10.7 Å². The number of nitrogen functional groups attached to an aromatic ring is 1. The van der Waals surface area contributed by atoms with Gasteiger partial charge in [0.2, 0.25) is 0 Å². The number of thiophene rings is 2. The van der Waals surface area contributed by atoms with Crippen molar-refractivity contribution in [1.29, 1.82) is 5.26 Å². The third-order valence-corrected chi connectivity index (χ3v) is 5.71. The zero-order chi connectivity index (χ0) is 15.0. The van der Waals surface area contributed by atoms with Crippen LogP contribution in [0, 0.1) is 11.3 Å². The first-order valence-electron chi connectivity index (χ1n) is 6.36. The maximum Gasteiger partial charge on any atom is 0.343 e. The SMILES string of the molecule is COC(=O)c1c(N2CCc3sccc3C2)sc(C#N)c1N. The van der Waals surface area contributed by atoms with Gasteiger partial charge < -0.3 is 15.4 Å². The molecule has 0 fully saturated rings. The fourth-order valence-electron chi connectivity index (χ4n) is 2.46. The van der Waals surface area contributed by atoms with Crippen molar-refractivity contribution < 1.29 is 9.53 Å². The molecule has 0 saturated heterocycles. The molecular formula is C14H13N3O2S2. The van der Waals surface area contributed by atoms with Crippen LogP contribution in [0.2, 0.25) is 0 Å². The number of nitriles is 1. The van der Waals surface area contributed by atoms with Gasteiger partial charge in [0.1, 0.15) is 21.5 Å². The average molecular weight is 319 g/mol. The summed E-state index contributed by atoms with van der Waals surface area (Å²) < 4.78 is 4.81. The predicted octanol–water partition coefficient (Wildman–Crippen LogP) is 2.61. The molecule has 0 spiro atoms. The molecule has 0 aliphatic carbocycles. The van der Waals surface area contributed by atoms with E-state index < -0.39 is 5.97 Å². The second-order valence-corrected chi connectivity index (χ2v) is 6.67. The minimum absolute atomic E-state index is 0.223. The Morgan fingerprint density at radius 3 is 3.10 bits per heavy atom. The lowest BCUT2D eigenvalue weighted by molar-refractivity contribution is 0.0603. The molecule has 108 valence electrons. The van der Waals surface area contributed by atoms with Gasteiger partial charge >= 0.3 is 5.97 Å². The number of nitrogens with zero attached hydrogens (tertiary/aromatic N) is 2. The fraction of sp³-hybridized carbons (Fsp3) is 0.286. The maximum absolute atomic E-state index is 12.0. The number of fused-ring (bicyclic) bond motifs is 1. The minimum Gasteiger partial charge on any atom is -0.465 e. The smallest absolute Gasteiger partial charge is 0.343 e. The number of esters is 1. The molecule has 0 unspecified atom stereocenters. The van der Waals surface area contributed by atoms with Gasteiger partial charge in [-0.2, -0.15) is 5.26 Å². The lowest BCUT2D eigenvalue weighted by Gasteiger charge is -2.28. The summed E-state index contributed by atoms with van der Waals surface area (Å²) in [6.45, 7) is 1.54. The van der Waals surface area contributed by atoms with Gasteiger partial charge in [-0.3, -0.25) is 0 Å². The number of anilines is 2. The average Bonchev–Trinajstić information content (AvgIpc) is 3.09. The van der Waals surface area contributed by atoms with Gasteiger partial charge in [0.25, 0.3) is 0 Å². The second kappa shape index (κ2) is 5.39. The summed E-state index contributed by atoms with van der Waals surface area (Å²) in [7, 11) is 1.32. The van der Waals surface area contributed by atoms with Gasteiger partial charge in [0.15, 0.2) is 0 Å². The predicted molar refractivity (Wildman–Crippen MR) is 83.9 cm³/mol. The van der Waals surface area contributed by atoms with Crippen LogP contribution < -0.4 is 10.6 Å². The molecule has 0 atom stereocenters. The molecule has 3 heterocycles. The molecule has 0 bridgehead atoms. The summed E-state index contributed by atoms with van der Waals surface area (Å²) in [5, 5.41) is 12.0. The van der Waals surface area contributed by atoms with Crippen LogP contribution in [0.3, 0.4) is 0 Å². The van der Waals surface area contributed by atoms with Gasteiger partial charge in [0, 0.05) is 18.0 Å². The fourth-order valence-corrected chi connectivity index (χ4v) is 4.38. The quantitative estimate of drug-likeness (QED) is 0.861. The molecule has 1 aliphatic rings. The van der Waals surface area contributed by atoms with Gasteiger partial charge in [-0.1, -0.05) is 0 Å². The van der Waals surface area contributed by atoms with Gasteiger partial charge in [-0.25, -0.2) is 4.79 Å². The van der Waals surface area contributed by atoms with Gasteiger partial charge in [-0.15, -0.1) is 22.7 Å². The molecule has 3 rings (SSSR count). The lowest BCUT2D eigenvalue weighted by atomic mass is 10.1. The number of methoxy groups -OCH3 is 1. The Morgan fingerprint density at radius 1 is 1.57 bits per heavy atom. The highest BCUT2D eigenvalue weighted by atomic mass is 32.1. The number of carbonyl (C=O) groups excluding carboxylic acids is 1. The number of hydrogen-bond donors (Lipinski definition) is 1. The summed E-state index contributed by atoms with van der Waals surface area (Å²) in [6, 6.07) is 4.15. The molecule has 2 aromatic rings. The van der Waals surface area contributed by atoms with Crippen LogP contribution in [0.5, 0.6) is 0 Å². The Bertz CT molecular complexity index is 742. The van der Waals surface area contributed by atoms with Crippen molar-refractivity contribution in [2.75, 3.05) is 24.3 Å². The van der Waals surface area contributed by atoms with Crippen LogP contribution in [0.1, 0.15) is 25.7 Å². The van der Waals surface area contributed by atoms with Crippen molar-refractivity contribution in [1.82, 2.24) is 0 Å². The Kier molecular flexibility index (Phi) is 3.57. The third kappa shape index (κ3) is 2.26. The first-order chi connectivity index (χ1) is 10.2. The van der Waals surface area contributed by atoms with Gasteiger partial charge in [0.05, 0.1) is 12.8 Å². The van der Waals surface area contributed by atoms with E-state index in [1.807, 2.05) is 6.07 Å². The summed E-state index contributed by atoms with van der Waals surface area (Å²) in [5.74, 6) is -0.489. The zero-order valence-electron chi connectivity index (χ0n) is 11.4.